The van der Waals surface area contributed by atoms with Crippen LogP contribution in [0.15, 0.2) is 54.6 Å². The van der Waals surface area contributed by atoms with E-state index in [2.05, 4.69) is 51.6 Å². The van der Waals surface area contributed by atoms with Crippen LogP contribution in [0.1, 0.15) is 35.4 Å². The molecule has 0 aliphatic carbocycles. The van der Waals surface area contributed by atoms with E-state index in [1.165, 1.54) is 5.56 Å². The number of benzene rings is 2. The van der Waals surface area contributed by atoms with E-state index >= 15 is 0 Å². The summed E-state index contributed by atoms with van der Waals surface area (Å²) < 4.78 is 0. The summed E-state index contributed by atoms with van der Waals surface area (Å²) in [4.78, 5) is 15.0. The first-order valence-corrected chi connectivity index (χ1v) is 8.75. The Morgan fingerprint density at radius 3 is 2.80 bits per heavy atom. The van der Waals surface area contributed by atoms with E-state index < -0.39 is 0 Å². The lowest BCUT2D eigenvalue weighted by Gasteiger charge is -2.24. The molecule has 2 aromatic carbocycles. The lowest BCUT2D eigenvalue weighted by atomic mass is 10.1. The second-order valence-electron chi connectivity index (χ2n) is 6.66. The molecule has 0 bridgehead atoms. The van der Waals surface area contributed by atoms with Crippen molar-refractivity contribution in [3.8, 4) is 0 Å². The Labute approximate surface area is 147 Å². The molecule has 1 aliphatic heterocycles. The van der Waals surface area contributed by atoms with Gasteiger partial charge in [0.1, 0.15) is 0 Å². The van der Waals surface area contributed by atoms with Crippen molar-refractivity contribution >= 4 is 16.8 Å². The molecule has 4 rings (SSSR count). The second-order valence-corrected chi connectivity index (χ2v) is 6.66. The van der Waals surface area contributed by atoms with Gasteiger partial charge in [0.15, 0.2) is 5.69 Å². The van der Waals surface area contributed by atoms with Gasteiger partial charge in [0.05, 0.1) is 5.52 Å². The molecule has 2 heterocycles. The van der Waals surface area contributed by atoms with Crippen LogP contribution in [0.2, 0.25) is 0 Å². The third-order valence-electron chi connectivity index (χ3n) is 5.07. The number of hydrogen-bond donors (Lipinski definition) is 2. The summed E-state index contributed by atoms with van der Waals surface area (Å²) in [5.41, 5.74) is 2.68. The number of H-pyrrole nitrogens is 1. The number of amides is 1. The summed E-state index contributed by atoms with van der Waals surface area (Å²) in [6.07, 6.45) is 0.964. The Morgan fingerprint density at radius 2 is 1.96 bits per heavy atom. The largest absolute Gasteiger partial charge is 0.347 e. The summed E-state index contributed by atoms with van der Waals surface area (Å²) in [6.45, 7) is 4.08. The predicted molar refractivity (Wildman–Crippen MR) is 98.4 cm³/mol. The molecule has 128 valence electrons. The van der Waals surface area contributed by atoms with Gasteiger partial charge < -0.3 is 5.32 Å². The van der Waals surface area contributed by atoms with Gasteiger partial charge in [-0.1, -0.05) is 48.5 Å². The first-order valence-electron chi connectivity index (χ1n) is 8.75. The van der Waals surface area contributed by atoms with Crippen molar-refractivity contribution in [1.82, 2.24) is 20.4 Å². The van der Waals surface area contributed by atoms with Crippen LogP contribution in [0.3, 0.4) is 0 Å². The van der Waals surface area contributed by atoms with Gasteiger partial charge in [0.25, 0.3) is 5.91 Å². The Hall–Kier alpha value is -2.66. The summed E-state index contributed by atoms with van der Waals surface area (Å²) >= 11 is 0. The number of aromatic amines is 1. The van der Waals surface area contributed by atoms with Crippen molar-refractivity contribution in [2.75, 3.05) is 13.1 Å². The molecule has 2 atom stereocenters. The van der Waals surface area contributed by atoms with Crippen LogP contribution in [0.4, 0.5) is 0 Å². The Morgan fingerprint density at radius 1 is 1.20 bits per heavy atom. The van der Waals surface area contributed by atoms with Gasteiger partial charge in [-0.05, 0) is 25.0 Å². The Kier molecular flexibility index (Phi) is 4.24. The fourth-order valence-electron chi connectivity index (χ4n) is 3.59. The van der Waals surface area contributed by atoms with E-state index in [1.54, 1.807) is 0 Å². The van der Waals surface area contributed by atoms with Crippen LogP contribution in [-0.4, -0.2) is 40.1 Å². The summed E-state index contributed by atoms with van der Waals surface area (Å²) in [5.74, 6) is -0.100. The summed E-state index contributed by atoms with van der Waals surface area (Å²) in [5, 5.41) is 11.1. The molecule has 2 unspecified atom stereocenters. The smallest absolute Gasteiger partial charge is 0.272 e. The fourth-order valence-corrected chi connectivity index (χ4v) is 3.59. The van der Waals surface area contributed by atoms with Gasteiger partial charge >= 0.3 is 0 Å². The first-order chi connectivity index (χ1) is 12.2. The van der Waals surface area contributed by atoms with Gasteiger partial charge in [-0.15, -0.1) is 0 Å². The van der Waals surface area contributed by atoms with E-state index in [0.29, 0.717) is 11.7 Å². The molecule has 0 saturated carbocycles. The molecule has 1 aliphatic rings. The SMILES string of the molecule is CC(c1ccccc1)N1CCC(NC(=O)c2n[nH]c3ccccc23)C1. The Bertz CT molecular complexity index is 874. The van der Waals surface area contributed by atoms with Gasteiger partial charge in [-0.3, -0.25) is 14.8 Å². The average Bonchev–Trinajstić information content (AvgIpc) is 3.28. The van der Waals surface area contributed by atoms with Crippen LogP contribution < -0.4 is 5.32 Å². The molecule has 5 nitrogen and oxygen atoms in total. The molecule has 2 N–H and O–H groups in total. The standard InChI is InChI=1S/C20H22N4O/c1-14(15-7-3-2-4-8-15)24-12-11-16(13-24)21-20(25)19-17-9-5-6-10-18(17)22-23-19/h2-10,14,16H,11-13H2,1H3,(H,21,25)(H,22,23). The lowest BCUT2D eigenvalue weighted by molar-refractivity contribution is 0.0933. The zero-order valence-corrected chi connectivity index (χ0v) is 14.3. The monoisotopic (exact) mass is 334 g/mol. The minimum absolute atomic E-state index is 0.100. The zero-order chi connectivity index (χ0) is 17.2. The maximum atomic E-state index is 12.6. The normalized spacial score (nSPS) is 19.2. The molecule has 3 aromatic rings. The van der Waals surface area contributed by atoms with Crippen molar-refractivity contribution < 1.29 is 4.79 Å². The van der Waals surface area contributed by atoms with Gasteiger partial charge in [-0.2, -0.15) is 5.10 Å². The van der Waals surface area contributed by atoms with E-state index in [4.69, 9.17) is 0 Å². The molecule has 1 fully saturated rings. The van der Waals surface area contributed by atoms with Crippen molar-refractivity contribution in [1.29, 1.82) is 0 Å². The highest BCUT2D eigenvalue weighted by Crippen LogP contribution is 2.24. The second kappa shape index (κ2) is 6.69. The summed E-state index contributed by atoms with van der Waals surface area (Å²) in [7, 11) is 0. The van der Waals surface area contributed by atoms with Crippen molar-refractivity contribution in [3.63, 3.8) is 0 Å². The third-order valence-corrected chi connectivity index (χ3v) is 5.07. The van der Waals surface area contributed by atoms with Crippen LogP contribution >= 0.6 is 0 Å². The zero-order valence-electron chi connectivity index (χ0n) is 14.3. The van der Waals surface area contributed by atoms with Crippen LogP contribution in [0, 0.1) is 0 Å². The van der Waals surface area contributed by atoms with Gasteiger partial charge in [0, 0.05) is 30.6 Å². The molecule has 1 saturated heterocycles. The molecule has 5 heteroatoms. The van der Waals surface area contributed by atoms with Crippen molar-refractivity contribution in [2.45, 2.75) is 25.4 Å². The van der Waals surface area contributed by atoms with Crippen molar-refractivity contribution in [2.24, 2.45) is 0 Å². The fraction of sp³-hybridized carbons (Fsp3) is 0.300. The highest BCUT2D eigenvalue weighted by molar-refractivity contribution is 6.04. The molecule has 25 heavy (non-hydrogen) atoms. The van der Waals surface area contributed by atoms with E-state index in [1.807, 2.05) is 30.3 Å². The number of carbonyl (C=O) groups is 1. The maximum absolute atomic E-state index is 12.6. The number of hydrogen-bond acceptors (Lipinski definition) is 3. The van der Waals surface area contributed by atoms with Crippen molar-refractivity contribution in [3.05, 3.63) is 65.9 Å². The number of nitrogens with zero attached hydrogens (tertiary/aromatic N) is 2. The summed E-state index contributed by atoms with van der Waals surface area (Å²) in [6, 6.07) is 18.7. The number of fused-ring (bicyclic) bond motifs is 1. The van der Waals surface area contributed by atoms with Crippen LogP contribution in [-0.2, 0) is 0 Å². The molecular formula is C20H22N4O. The average molecular weight is 334 g/mol. The van der Waals surface area contributed by atoms with Gasteiger partial charge in [-0.25, -0.2) is 0 Å². The number of aromatic nitrogens is 2. The number of carbonyl (C=O) groups excluding carboxylic acids is 1. The maximum Gasteiger partial charge on any atom is 0.272 e. The third kappa shape index (κ3) is 3.15. The number of likely N-dealkylation sites (tertiary alicyclic amines) is 1. The molecule has 1 aromatic heterocycles. The lowest BCUT2D eigenvalue weighted by Crippen LogP contribution is -2.37. The quantitative estimate of drug-likeness (QED) is 0.770. The first kappa shape index (κ1) is 15.8. The van der Waals surface area contributed by atoms with Crippen LogP contribution in [0.25, 0.3) is 10.9 Å². The van der Waals surface area contributed by atoms with E-state index in [0.717, 1.165) is 30.4 Å². The molecule has 0 spiro atoms. The molecular weight excluding hydrogens is 312 g/mol. The van der Waals surface area contributed by atoms with Crippen LogP contribution in [0.5, 0.6) is 0 Å². The van der Waals surface area contributed by atoms with E-state index in [-0.39, 0.29) is 11.9 Å². The number of rotatable bonds is 4. The topological polar surface area (TPSA) is 61.0 Å². The van der Waals surface area contributed by atoms with Gasteiger partial charge in [0.2, 0.25) is 0 Å². The highest BCUT2D eigenvalue weighted by atomic mass is 16.2. The molecule has 1 amide bonds. The number of para-hydroxylation sites is 1. The predicted octanol–water partition coefficient (Wildman–Crippen LogP) is 3.13. The highest BCUT2D eigenvalue weighted by Gasteiger charge is 2.28. The van der Waals surface area contributed by atoms with E-state index in [9.17, 15) is 4.79 Å². The minimum atomic E-state index is -0.100. The molecule has 0 radical (unpaired) electrons. The number of nitrogens with one attached hydrogen (secondary N) is 2. The minimum Gasteiger partial charge on any atom is -0.347 e. The Balaban J connectivity index is 1.42.